The summed E-state index contributed by atoms with van der Waals surface area (Å²) in [6.45, 7) is 0. The molecule has 7 nitrogen and oxygen atoms in total. The molecule has 0 fully saturated rings. The van der Waals surface area contributed by atoms with Crippen molar-refractivity contribution < 1.29 is 4.92 Å². The Bertz CT molecular complexity index is 671. The molecule has 3 N–H and O–H groups in total. The van der Waals surface area contributed by atoms with Crippen LogP contribution < -0.4 is 11.3 Å². The number of nitrogens with two attached hydrogens (primary N) is 1. The summed E-state index contributed by atoms with van der Waals surface area (Å²) in [5.74, 6) is 0. The van der Waals surface area contributed by atoms with Gasteiger partial charge in [0.05, 0.1) is 10.6 Å². The molecule has 2 aromatic rings. The largest absolute Gasteiger partial charge is 0.374 e. The third-order valence-corrected chi connectivity index (χ3v) is 2.51. The predicted molar refractivity (Wildman–Crippen MR) is 69.3 cm³/mol. The highest BCUT2D eigenvalue weighted by molar-refractivity contribution is 7.80. The molecule has 1 heterocycles. The summed E-state index contributed by atoms with van der Waals surface area (Å²) in [5.41, 5.74) is 6.07. The molecule has 0 unspecified atom stereocenters. The van der Waals surface area contributed by atoms with Crippen LogP contribution in [0.3, 0.4) is 0 Å². The van der Waals surface area contributed by atoms with Crippen LogP contribution in [0.4, 0.5) is 5.69 Å². The van der Waals surface area contributed by atoms with Gasteiger partial charge < -0.3 is 5.73 Å². The molecule has 0 saturated heterocycles. The van der Waals surface area contributed by atoms with Gasteiger partial charge in [-0.2, -0.15) is 4.68 Å². The number of aromatic amines is 1. The molecular weight excluding hydrogens is 256 g/mol. The van der Waals surface area contributed by atoms with Gasteiger partial charge in [-0.25, -0.2) is 0 Å². The number of nitrogens with one attached hydrogen (secondary N) is 1. The van der Waals surface area contributed by atoms with E-state index in [0.717, 1.165) is 4.68 Å². The summed E-state index contributed by atoms with van der Waals surface area (Å²) in [7, 11) is 0. The molecule has 0 aliphatic heterocycles. The van der Waals surface area contributed by atoms with E-state index in [1.54, 1.807) is 0 Å². The van der Waals surface area contributed by atoms with Gasteiger partial charge in [0.1, 0.15) is 0 Å². The van der Waals surface area contributed by atoms with Crippen molar-refractivity contribution in [1.82, 2.24) is 9.78 Å². The lowest BCUT2D eigenvalue weighted by atomic mass is 10.1. The minimum absolute atomic E-state index is 0.0186. The van der Waals surface area contributed by atoms with E-state index in [1.807, 2.05) is 0 Å². The van der Waals surface area contributed by atoms with Crippen molar-refractivity contribution in [2.75, 3.05) is 0 Å². The Morgan fingerprint density at radius 2 is 2.00 bits per heavy atom. The maximum Gasteiger partial charge on any atom is 0.273 e. The number of thiocarbonyl (C=S) groups is 1. The molecular formula is C10H8N4O3S. The van der Waals surface area contributed by atoms with Crippen molar-refractivity contribution in [3.05, 3.63) is 50.8 Å². The third-order valence-electron chi connectivity index (χ3n) is 2.33. The van der Waals surface area contributed by atoms with Crippen LogP contribution in [0.15, 0.2) is 35.1 Å². The van der Waals surface area contributed by atoms with Crippen LogP contribution in [0.2, 0.25) is 0 Å². The Kier molecular flexibility index (Phi) is 2.94. The van der Waals surface area contributed by atoms with Gasteiger partial charge in [0.2, 0.25) is 0 Å². The SMILES string of the molecule is NC(=S)n1[nH]c(-c2ccc([N+](=O)[O-])cc2)cc1=O. The van der Waals surface area contributed by atoms with Crippen LogP contribution in [-0.4, -0.2) is 19.8 Å². The van der Waals surface area contributed by atoms with Crippen molar-refractivity contribution >= 4 is 23.0 Å². The van der Waals surface area contributed by atoms with Crippen molar-refractivity contribution in [2.45, 2.75) is 0 Å². The topological polar surface area (TPSA) is 107 Å². The van der Waals surface area contributed by atoms with E-state index in [0.29, 0.717) is 11.3 Å². The Balaban J connectivity index is 2.43. The first-order valence-corrected chi connectivity index (χ1v) is 5.26. The molecule has 0 aliphatic carbocycles. The van der Waals surface area contributed by atoms with Gasteiger partial charge in [0, 0.05) is 23.8 Å². The molecule has 8 heteroatoms. The lowest BCUT2D eigenvalue weighted by Crippen LogP contribution is -2.29. The molecule has 1 aromatic heterocycles. The Morgan fingerprint density at radius 1 is 1.39 bits per heavy atom. The lowest BCUT2D eigenvalue weighted by Gasteiger charge is -1.98. The second-order valence-electron chi connectivity index (χ2n) is 3.49. The number of aromatic nitrogens is 2. The summed E-state index contributed by atoms with van der Waals surface area (Å²) in [5, 5.41) is 13.1. The summed E-state index contributed by atoms with van der Waals surface area (Å²) in [6, 6.07) is 7.10. The summed E-state index contributed by atoms with van der Waals surface area (Å²) in [4.78, 5) is 21.5. The van der Waals surface area contributed by atoms with Crippen molar-refractivity contribution in [2.24, 2.45) is 5.73 Å². The van der Waals surface area contributed by atoms with Crippen LogP contribution in [0, 0.1) is 10.1 Å². The Morgan fingerprint density at radius 3 is 2.44 bits per heavy atom. The summed E-state index contributed by atoms with van der Waals surface area (Å²) >= 11 is 4.69. The zero-order valence-corrected chi connectivity index (χ0v) is 9.81. The molecule has 18 heavy (non-hydrogen) atoms. The fraction of sp³-hybridized carbons (Fsp3) is 0. The molecule has 0 spiro atoms. The van der Waals surface area contributed by atoms with Crippen LogP contribution in [0.25, 0.3) is 11.3 Å². The van der Waals surface area contributed by atoms with Gasteiger partial charge in [-0.15, -0.1) is 0 Å². The van der Waals surface area contributed by atoms with E-state index < -0.39 is 4.92 Å². The number of nitro groups is 1. The van der Waals surface area contributed by atoms with E-state index in [2.05, 4.69) is 17.3 Å². The monoisotopic (exact) mass is 264 g/mol. The highest BCUT2D eigenvalue weighted by Gasteiger charge is 2.09. The molecule has 0 saturated carbocycles. The average Bonchev–Trinajstić information content (AvgIpc) is 2.71. The van der Waals surface area contributed by atoms with Gasteiger partial charge in [0.25, 0.3) is 11.2 Å². The first-order chi connectivity index (χ1) is 8.49. The maximum atomic E-state index is 11.5. The minimum Gasteiger partial charge on any atom is -0.374 e. The first-order valence-electron chi connectivity index (χ1n) is 4.86. The number of nitrogens with zero attached hydrogens (tertiary/aromatic N) is 2. The smallest absolute Gasteiger partial charge is 0.273 e. The van der Waals surface area contributed by atoms with E-state index in [4.69, 9.17) is 5.73 Å². The highest BCUT2D eigenvalue weighted by atomic mass is 32.1. The van der Waals surface area contributed by atoms with Crippen molar-refractivity contribution in [3.8, 4) is 11.3 Å². The number of rotatable bonds is 2. The second-order valence-corrected chi connectivity index (χ2v) is 3.90. The zero-order chi connectivity index (χ0) is 13.3. The quantitative estimate of drug-likeness (QED) is 0.475. The minimum atomic E-state index is -0.493. The van der Waals surface area contributed by atoms with Gasteiger partial charge in [0.15, 0.2) is 5.11 Å². The normalized spacial score (nSPS) is 10.2. The Hall–Kier alpha value is -2.48. The van der Waals surface area contributed by atoms with Gasteiger partial charge in [-0.1, -0.05) is 0 Å². The van der Waals surface area contributed by atoms with E-state index in [-0.39, 0.29) is 16.4 Å². The average molecular weight is 264 g/mol. The second kappa shape index (κ2) is 4.41. The van der Waals surface area contributed by atoms with E-state index in [1.165, 1.54) is 30.3 Å². The van der Waals surface area contributed by atoms with E-state index in [9.17, 15) is 14.9 Å². The number of nitro benzene ring substituents is 1. The third kappa shape index (κ3) is 2.13. The maximum absolute atomic E-state index is 11.5. The summed E-state index contributed by atoms with van der Waals surface area (Å²) in [6.07, 6.45) is 0. The number of hydrogen-bond donors (Lipinski definition) is 2. The van der Waals surface area contributed by atoms with Gasteiger partial charge in [-0.3, -0.25) is 20.0 Å². The lowest BCUT2D eigenvalue weighted by molar-refractivity contribution is -0.384. The van der Waals surface area contributed by atoms with Crippen molar-refractivity contribution in [1.29, 1.82) is 0 Å². The summed E-state index contributed by atoms with van der Waals surface area (Å²) < 4.78 is 1.02. The molecule has 2 rings (SSSR count). The standard InChI is InChI=1S/C10H8N4O3S/c11-10(18)13-9(15)5-8(12-13)6-1-3-7(4-2-6)14(16)17/h1-5,12H,(H2,11,18). The van der Waals surface area contributed by atoms with Gasteiger partial charge in [-0.05, 0) is 24.4 Å². The van der Waals surface area contributed by atoms with Crippen molar-refractivity contribution in [3.63, 3.8) is 0 Å². The Labute approximate surface area is 106 Å². The van der Waals surface area contributed by atoms with E-state index >= 15 is 0 Å². The molecule has 92 valence electrons. The molecule has 0 bridgehead atoms. The molecule has 1 aromatic carbocycles. The first kappa shape index (κ1) is 12.0. The van der Waals surface area contributed by atoms with Crippen LogP contribution in [0.1, 0.15) is 0 Å². The molecule has 0 atom stereocenters. The number of non-ortho nitro benzene ring substituents is 1. The number of benzene rings is 1. The molecule has 0 aliphatic rings. The fourth-order valence-corrected chi connectivity index (χ4v) is 1.61. The van der Waals surface area contributed by atoms with Crippen LogP contribution >= 0.6 is 12.2 Å². The fourth-order valence-electron chi connectivity index (χ4n) is 1.47. The van der Waals surface area contributed by atoms with Crippen LogP contribution in [-0.2, 0) is 0 Å². The molecule has 0 radical (unpaired) electrons. The zero-order valence-electron chi connectivity index (χ0n) is 8.99. The number of hydrogen-bond acceptors (Lipinski definition) is 4. The predicted octanol–water partition coefficient (Wildman–Crippen LogP) is 0.843. The highest BCUT2D eigenvalue weighted by Crippen LogP contribution is 2.19. The number of H-pyrrole nitrogens is 1. The molecule has 0 amide bonds. The van der Waals surface area contributed by atoms with Crippen LogP contribution in [0.5, 0.6) is 0 Å². The van der Waals surface area contributed by atoms with Gasteiger partial charge >= 0.3 is 0 Å².